The molecular formula is C17H20O3. The van der Waals surface area contributed by atoms with Gasteiger partial charge in [-0.3, -0.25) is 0 Å². The first kappa shape index (κ1) is 12.3. The van der Waals surface area contributed by atoms with Gasteiger partial charge in [0.25, 0.3) is 0 Å². The highest BCUT2D eigenvalue weighted by atomic mass is 16.5. The van der Waals surface area contributed by atoms with Gasteiger partial charge in [-0.15, -0.1) is 0 Å². The average Bonchev–Trinajstić information content (AvgIpc) is 2.78. The molecule has 3 nitrogen and oxygen atoms in total. The lowest BCUT2D eigenvalue weighted by molar-refractivity contribution is -0.0727. The van der Waals surface area contributed by atoms with Crippen molar-refractivity contribution in [2.75, 3.05) is 0 Å². The van der Waals surface area contributed by atoms with Crippen molar-refractivity contribution in [3.05, 3.63) is 35.4 Å². The van der Waals surface area contributed by atoms with E-state index < -0.39 is 0 Å². The molecule has 0 spiro atoms. The van der Waals surface area contributed by atoms with E-state index in [2.05, 4.69) is 20.4 Å². The van der Waals surface area contributed by atoms with E-state index in [-0.39, 0.29) is 29.8 Å². The third-order valence-corrected chi connectivity index (χ3v) is 5.87. The maximum atomic E-state index is 10.4. The second-order valence-corrected chi connectivity index (χ2v) is 7.04. The number of phenols is 1. The minimum Gasteiger partial charge on any atom is -0.508 e. The third-order valence-electron chi connectivity index (χ3n) is 5.87. The van der Waals surface area contributed by atoms with Crippen LogP contribution in [0, 0.1) is 17.3 Å². The van der Waals surface area contributed by atoms with Gasteiger partial charge in [-0.05, 0) is 46.9 Å². The van der Waals surface area contributed by atoms with Crippen molar-refractivity contribution in [3.63, 3.8) is 0 Å². The molecule has 0 saturated heterocycles. The quantitative estimate of drug-likeness (QED) is 0.773. The Morgan fingerprint density at radius 3 is 2.80 bits per heavy atom. The molecule has 0 aromatic heterocycles. The molecule has 5 rings (SSSR count). The number of hydrogen-bond donors (Lipinski definition) is 2. The van der Waals surface area contributed by atoms with E-state index >= 15 is 0 Å². The van der Waals surface area contributed by atoms with Crippen molar-refractivity contribution in [1.82, 2.24) is 0 Å². The molecule has 1 aliphatic heterocycles. The van der Waals surface area contributed by atoms with Gasteiger partial charge in [0.2, 0.25) is 0 Å². The molecule has 1 heterocycles. The molecule has 4 aliphatic rings. The zero-order chi connectivity index (χ0) is 14.2. The summed E-state index contributed by atoms with van der Waals surface area (Å²) in [4.78, 5) is 0. The number of fused-ring (bicyclic) bond motifs is 1. The van der Waals surface area contributed by atoms with E-state index in [1.165, 1.54) is 5.57 Å². The number of ether oxygens (including phenoxy) is 1. The minimum absolute atomic E-state index is 0.00150. The Hall–Kier alpha value is -1.48. The van der Waals surface area contributed by atoms with E-state index in [1.54, 1.807) is 6.07 Å². The Bertz CT molecular complexity index is 617. The molecule has 0 radical (unpaired) electrons. The van der Waals surface area contributed by atoms with Gasteiger partial charge < -0.3 is 14.9 Å². The summed E-state index contributed by atoms with van der Waals surface area (Å²) in [6.45, 7) is 8.78. The van der Waals surface area contributed by atoms with Crippen LogP contribution in [0.4, 0.5) is 0 Å². The van der Waals surface area contributed by atoms with Gasteiger partial charge in [0.1, 0.15) is 17.6 Å². The van der Waals surface area contributed by atoms with Crippen LogP contribution in [0.25, 0.3) is 0 Å². The Kier molecular flexibility index (Phi) is 2.20. The number of phenolic OH excluding ortho intramolecular Hbond substituents is 1. The molecule has 3 fully saturated rings. The first-order valence-corrected chi connectivity index (χ1v) is 7.27. The average molecular weight is 272 g/mol. The van der Waals surface area contributed by atoms with Crippen molar-refractivity contribution in [2.24, 2.45) is 17.3 Å². The Labute approximate surface area is 118 Å². The van der Waals surface area contributed by atoms with Crippen LogP contribution in [0.2, 0.25) is 0 Å². The number of hydrogen-bond acceptors (Lipinski definition) is 3. The summed E-state index contributed by atoms with van der Waals surface area (Å²) >= 11 is 0. The second-order valence-electron chi connectivity index (χ2n) is 7.04. The summed E-state index contributed by atoms with van der Waals surface area (Å²) in [6.07, 6.45) is 1.15. The van der Waals surface area contributed by atoms with Gasteiger partial charge in [-0.25, -0.2) is 0 Å². The molecule has 3 heteroatoms. The van der Waals surface area contributed by atoms with Crippen LogP contribution in [-0.2, 0) is 6.61 Å². The lowest BCUT2D eigenvalue weighted by Crippen LogP contribution is -2.57. The number of aromatic hydroxyl groups is 1. The van der Waals surface area contributed by atoms with Gasteiger partial charge in [-0.2, -0.15) is 0 Å². The van der Waals surface area contributed by atoms with Crippen LogP contribution in [-0.4, -0.2) is 16.3 Å². The molecule has 1 aromatic rings. The van der Waals surface area contributed by atoms with Gasteiger partial charge in [-0.1, -0.05) is 20.4 Å². The molecule has 0 amide bonds. The fourth-order valence-electron chi connectivity index (χ4n) is 4.67. The minimum atomic E-state index is -0.0853. The standard InChI is InChI=1S/C17H20O3/c1-8-10-6-11(17(10,2)3)14-15-12(19)4-9(7-18)5-13(15)20-16(8)14/h4-5,10-11,14,16,18-19H,1,6-7H2,2-3H3/t10-,11+,14-,16-/m0/s1. The molecule has 2 bridgehead atoms. The van der Waals surface area contributed by atoms with Crippen LogP contribution in [0.15, 0.2) is 24.3 Å². The van der Waals surface area contributed by atoms with Gasteiger partial charge in [0.05, 0.1) is 6.61 Å². The molecule has 3 aliphatic carbocycles. The first-order valence-electron chi connectivity index (χ1n) is 7.27. The molecule has 1 aromatic carbocycles. The van der Waals surface area contributed by atoms with Crippen molar-refractivity contribution in [2.45, 2.75) is 38.9 Å². The molecule has 20 heavy (non-hydrogen) atoms. The Morgan fingerprint density at radius 2 is 2.15 bits per heavy atom. The summed E-state index contributed by atoms with van der Waals surface area (Å²) in [5.41, 5.74) is 3.02. The van der Waals surface area contributed by atoms with Crippen molar-refractivity contribution < 1.29 is 14.9 Å². The van der Waals surface area contributed by atoms with E-state index in [9.17, 15) is 10.2 Å². The lowest BCUT2D eigenvalue weighted by atomic mass is 9.43. The molecule has 3 saturated carbocycles. The summed E-state index contributed by atoms with van der Waals surface area (Å²) in [6, 6.07) is 3.51. The highest BCUT2D eigenvalue weighted by molar-refractivity contribution is 5.56. The van der Waals surface area contributed by atoms with Crippen LogP contribution in [0.5, 0.6) is 11.5 Å². The predicted octanol–water partition coefficient (Wildman–Crippen LogP) is 2.96. The summed E-state index contributed by atoms with van der Waals surface area (Å²) in [5, 5.41) is 19.6. The normalized spacial score (nSPS) is 35.9. The molecule has 106 valence electrons. The fraction of sp³-hybridized carbons (Fsp3) is 0.529. The highest BCUT2D eigenvalue weighted by Crippen LogP contribution is 2.69. The predicted molar refractivity (Wildman–Crippen MR) is 75.7 cm³/mol. The SMILES string of the molecule is C=C1[C@@H]2Oc3cc(CO)cc(O)c3[C@@H]2[C@H]2C[C@@H]1C2(C)C. The Balaban J connectivity index is 1.85. The molecular weight excluding hydrogens is 252 g/mol. The molecule has 2 N–H and O–H groups in total. The Morgan fingerprint density at radius 1 is 1.40 bits per heavy atom. The van der Waals surface area contributed by atoms with Crippen LogP contribution >= 0.6 is 0 Å². The van der Waals surface area contributed by atoms with Crippen molar-refractivity contribution in [3.8, 4) is 11.5 Å². The molecule has 0 unspecified atom stereocenters. The molecule has 4 atom stereocenters. The van der Waals surface area contributed by atoms with E-state index in [0.29, 0.717) is 17.4 Å². The zero-order valence-electron chi connectivity index (χ0n) is 11.9. The van der Waals surface area contributed by atoms with Gasteiger partial charge in [0.15, 0.2) is 0 Å². The number of aliphatic hydroxyl groups excluding tert-OH is 1. The number of benzene rings is 1. The number of aliphatic hydroxyl groups is 1. The van der Waals surface area contributed by atoms with Crippen LogP contribution in [0.3, 0.4) is 0 Å². The summed E-state index contributed by atoms with van der Waals surface area (Å²) in [5.74, 6) is 2.27. The number of rotatable bonds is 1. The van der Waals surface area contributed by atoms with E-state index in [4.69, 9.17) is 4.74 Å². The third kappa shape index (κ3) is 1.25. The van der Waals surface area contributed by atoms with E-state index in [1.807, 2.05) is 6.07 Å². The topological polar surface area (TPSA) is 49.7 Å². The zero-order valence-corrected chi connectivity index (χ0v) is 11.9. The maximum Gasteiger partial charge on any atom is 0.127 e. The largest absolute Gasteiger partial charge is 0.508 e. The van der Waals surface area contributed by atoms with Gasteiger partial charge >= 0.3 is 0 Å². The highest BCUT2D eigenvalue weighted by Gasteiger charge is 2.63. The fourth-order valence-corrected chi connectivity index (χ4v) is 4.67. The van der Waals surface area contributed by atoms with Crippen LogP contribution in [0.1, 0.15) is 37.3 Å². The summed E-state index contributed by atoms with van der Waals surface area (Å²) < 4.78 is 6.07. The van der Waals surface area contributed by atoms with Gasteiger partial charge in [0, 0.05) is 11.5 Å². The first-order chi connectivity index (χ1) is 9.45. The monoisotopic (exact) mass is 272 g/mol. The summed E-state index contributed by atoms with van der Waals surface area (Å²) in [7, 11) is 0. The van der Waals surface area contributed by atoms with Crippen molar-refractivity contribution in [1.29, 1.82) is 0 Å². The smallest absolute Gasteiger partial charge is 0.127 e. The van der Waals surface area contributed by atoms with Crippen LogP contribution < -0.4 is 4.74 Å². The van der Waals surface area contributed by atoms with E-state index in [0.717, 1.165) is 17.7 Å². The maximum absolute atomic E-state index is 10.4. The second kappa shape index (κ2) is 3.59. The lowest BCUT2D eigenvalue weighted by Gasteiger charge is -2.61. The van der Waals surface area contributed by atoms with Crippen molar-refractivity contribution >= 4 is 0 Å².